The first-order valence-electron chi connectivity index (χ1n) is 20.0. The van der Waals surface area contributed by atoms with Crippen molar-refractivity contribution in [3.8, 4) is 28.6 Å². The van der Waals surface area contributed by atoms with Crippen molar-refractivity contribution in [2.45, 2.75) is 58.3 Å². The van der Waals surface area contributed by atoms with Crippen LogP contribution in [0.4, 0.5) is 0 Å². The number of fused-ring (bicyclic) bond motifs is 9. The van der Waals surface area contributed by atoms with E-state index in [2.05, 4.69) is 180 Å². The van der Waals surface area contributed by atoms with E-state index in [-0.39, 0.29) is 37.8 Å². The molecular weight excluding hydrogens is 906 g/mol. The van der Waals surface area contributed by atoms with Crippen LogP contribution in [-0.2, 0) is 31.9 Å². The quantitative estimate of drug-likeness (QED) is 0.161. The summed E-state index contributed by atoms with van der Waals surface area (Å²) in [6.07, 6.45) is 4.02. The molecule has 0 bridgehead atoms. The van der Waals surface area contributed by atoms with E-state index in [4.69, 9.17) is 19.1 Å². The van der Waals surface area contributed by atoms with Crippen molar-refractivity contribution in [1.82, 2.24) is 14.5 Å². The summed E-state index contributed by atoms with van der Waals surface area (Å²) in [5, 5.41) is 6.48. The average Bonchev–Trinajstić information content (AvgIpc) is 3.82. The standard InChI is InChI=1S/C53H41N3O2.Pt/c1-31-24-48(55-29-32(31)2)56-45-19-13-12-18-38(45)39-22-21-35(27-46(39)56)57-36-25-40(50-41(26-36)49-37-17-11-10-14-33(37)20-23-47(49)58-50)44-28-42-43(30-54-44)53(5,6)51(52(42,3)4)34-15-8-7-9-16-34;/h7-24,26,28-30,51H,1-6H3;/q-2;+2. The molecule has 1 unspecified atom stereocenters. The van der Waals surface area contributed by atoms with Crippen LogP contribution in [0.3, 0.4) is 0 Å². The van der Waals surface area contributed by atoms with Crippen LogP contribution < -0.4 is 4.74 Å². The number of rotatable bonds is 5. The molecular formula is C53H41N3O2Pt. The van der Waals surface area contributed by atoms with Crippen LogP contribution in [0.2, 0.25) is 0 Å². The molecule has 0 saturated heterocycles. The number of aryl methyl sites for hydroxylation is 2. The number of hydrogen-bond acceptors (Lipinski definition) is 4. The summed E-state index contributed by atoms with van der Waals surface area (Å²) < 4.78 is 15.8. The predicted octanol–water partition coefficient (Wildman–Crippen LogP) is 13.7. The zero-order valence-electron chi connectivity index (χ0n) is 33.8. The maximum atomic E-state index is 6.84. The van der Waals surface area contributed by atoms with E-state index in [0.29, 0.717) is 11.5 Å². The largest absolute Gasteiger partial charge is 2.00 e. The van der Waals surface area contributed by atoms with Gasteiger partial charge in [-0.05, 0) is 92.5 Å². The first-order chi connectivity index (χ1) is 28.1. The van der Waals surface area contributed by atoms with Crippen molar-refractivity contribution < 1.29 is 30.2 Å². The number of benzene rings is 6. The molecule has 59 heavy (non-hydrogen) atoms. The van der Waals surface area contributed by atoms with E-state index in [1.54, 1.807) is 0 Å². The van der Waals surface area contributed by atoms with Gasteiger partial charge in [-0.25, -0.2) is 4.98 Å². The van der Waals surface area contributed by atoms with E-state index in [1.807, 2.05) is 12.3 Å². The Morgan fingerprint density at radius 1 is 0.644 bits per heavy atom. The monoisotopic (exact) mass is 946 g/mol. The van der Waals surface area contributed by atoms with Gasteiger partial charge in [0.1, 0.15) is 11.4 Å². The molecule has 4 heterocycles. The molecule has 6 heteroatoms. The van der Waals surface area contributed by atoms with Gasteiger partial charge < -0.3 is 18.7 Å². The first-order valence-corrected chi connectivity index (χ1v) is 20.0. The van der Waals surface area contributed by atoms with Crippen molar-refractivity contribution in [3.05, 3.63) is 174 Å². The predicted molar refractivity (Wildman–Crippen MR) is 235 cm³/mol. The van der Waals surface area contributed by atoms with Crippen molar-refractivity contribution in [2.75, 3.05) is 0 Å². The molecule has 1 aliphatic rings. The van der Waals surface area contributed by atoms with E-state index >= 15 is 0 Å². The Hall–Kier alpha value is -6.03. The zero-order valence-corrected chi connectivity index (χ0v) is 36.0. The molecule has 1 atom stereocenters. The van der Waals surface area contributed by atoms with Gasteiger partial charge in [-0.2, -0.15) is 6.07 Å². The van der Waals surface area contributed by atoms with Gasteiger partial charge >= 0.3 is 21.1 Å². The molecule has 10 aromatic rings. The molecule has 0 amide bonds. The molecule has 0 saturated carbocycles. The van der Waals surface area contributed by atoms with E-state index in [1.165, 1.54) is 22.3 Å². The molecule has 5 nitrogen and oxygen atoms in total. The van der Waals surface area contributed by atoms with Gasteiger partial charge in [0.2, 0.25) is 0 Å². The summed E-state index contributed by atoms with van der Waals surface area (Å²) in [7, 11) is 0. The second kappa shape index (κ2) is 13.5. The molecule has 0 N–H and O–H groups in total. The Bertz CT molecular complexity index is 3300. The van der Waals surface area contributed by atoms with Crippen LogP contribution in [0.1, 0.15) is 61.4 Å². The van der Waals surface area contributed by atoms with Crippen LogP contribution in [0, 0.1) is 26.0 Å². The second-order valence-electron chi connectivity index (χ2n) is 17.1. The molecule has 0 fully saturated rings. The number of para-hydroxylation sites is 1. The molecule has 0 radical (unpaired) electrons. The second-order valence-corrected chi connectivity index (χ2v) is 17.1. The van der Waals surface area contributed by atoms with E-state index in [9.17, 15) is 0 Å². The van der Waals surface area contributed by atoms with Crippen LogP contribution in [-0.4, -0.2) is 14.5 Å². The minimum atomic E-state index is -0.164. The summed E-state index contributed by atoms with van der Waals surface area (Å²) in [6, 6.07) is 49.9. The summed E-state index contributed by atoms with van der Waals surface area (Å²) in [5.74, 6) is 2.25. The third kappa shape index (κ3) is 5.62. The van der Waals surface area contributed by atoms with Gasteiger partial charge in [0, 0.05) is 40.7 Å². The van der Waals surface area contributed by atoms with Crippen molar-refractivity contribution in [1.29, 1.82) is 0 Å². The third-order valence-corrected chi connectivity index (χ3v) is 12.9. The van der Waals surface area contributed by atoms with Gasteiger partial charge in [-0.3, -0.25) is 0 Å². The van der Waals surface area contributed by atoms with Gasteiger partial charge in [0.05, 0.1) is 5.58 Å². The fraction of sp³-hybridized carbons (Fsp3) is 0.170. The van der Waals surface area contributed by atoms with Gasteiger partial charge in [-0.1, -0.05) is 141 Å². The van der Waals surface area contributed by atoms with Crippen LogP contribution >= 0.6 is 0 Å². The third-order valence-electron chi connectivity index (χ3n) is 12.9. The Labute approximate surface area is 358 Å². The van der Waals surface area contributed by atoms with Crippen LogP contribution in [0.5, 0.6) is 11.5 Å². The van der Waals surface area contributed by atoms with Crippen LogP contribution in [0.15, 0.2) is 138 Å². The summed E-state index contributed by atoms with van der Waals surface area (Å²) in [4.78, 5) is 10.1. The summed E-state index contributed by atoms with van der Waals surface area (Å²) >= 11 is 0. The maximum Gasteiger partial charge on any atom is 2.00 e. The number of hydrogen-bond donors (Lipinski definition) is 0. The number of aromatic nitrogens is 3. The molecule has 0 spiro atoms. The SMILES string of the molecule is Cc1cnc(-n2c3[c-]c(Oc4[c-]c(-c5cc6c(cn5)C(C)(C)C(c5ccccc5)C6(C)C)c5oc6ccc7ccccc7c6c5c4)ccc3c3ccccc32)cc1C.[Pt+2]. The summed E-state index contributed by atoms with van der Waals surface area (Å²) in [5.41, 5.74) is 11.0. The smallest absolute Gasteiger partial charge is 0.503 e. The minimum Gasteiger partial charge on any atom is -0.503 e. The normalized spacial score (nSPS) is 15.6. The topological polar surface area (TPSA) is 53.1 Å². The molecule has 1 aliphatic carbocycles. The summed E-state index contributed by atoms with van der Waals surface area (Å²) in [6.45, 7) is 13.7. The van der Waals surface area contributed by atoms with Gasteiger partial charge in [-0.15, -0.1) is 17.5 Å². The van der Waals surface area contributed by atoms with Crippen molar-refractivity contribution in [2.24, 2.45) is 0 Å². The van der Waals surface area contributed by atoms with E-state index < -0.39 is 0 Å². The maximum absolute atomic E-state index is 6.84. The first kappa shape index (κ1) is 37.3. The molecule has 4 aromatic heterocycles. The number of furan rings is 1. The number of pyridine rings is 2. The number of nitrogens with zero attached hydrogens (tertiary/aromatic N) is 3. The molecule has 6 aromatic carbocycles. The molecule has 0 aliphatic heterocycles. The zero-order chi connectivity index (χ0) is 39.5. The molecule has 290 valence electrons. The average molecular weight is 947 g/mol. The van der Waals surface area contributed by atoms with Gasteiger partial charge in [0.15, 0.2) is 0 Å². The fourth-order valence-electron chi connectivity index (χ4n) is 10.2. The van der Waals surface area contributed by atoms with Crippen molar-refractivity contribution in [3.63, 3.8) is 0 Å². The van der Waals surface area contributed by atoms with Gasteiger partial charge in [0.25, 0.3) is 0 Å². The Balaban J connectivity index is 0.00000420. The Kier molecular flexibility index (Phi) is 8.53. The fourth-order valence-corrected chi connectivity index (χ4v) is 10.2. The molecule has 11 rings (SSSR count). The Morgan fingerprint density at radius 2 is 1.39 bits per heavy atom. The van der Waals surface area contributed by atoms with E-state index in [0.717, 1.165) is 77.2 Å². The van der Waals surface area contributed by atoms with Crippen LogP contribution in [0.25, 0.3) is 71.6 Å². The van der Waals surface area contributed by atoms with Crippen molar-refractivity contribution >= 4 is 54.5 Å². The number of ether oxygens (including phenoxy) is 1. The minimum absolute atomic E-state index is 0. The Morgan fingerprint density at radius 3 is 2.20 bits per heavy atom.